The van der Waals surface area contributed by atoms with E-state index >= 15 is 4.39 Å². The van der Waals surface area contributed by atoms with E-state index in [1.807, 2.05) is 55.8 Å². The van der Waals surface area contributed by atoms with E-state index in [-0.39, 0.29) is 35.6 Å². The topological polar surface area (TPSA) is 105 Å². The highest BCUT2D eigenvalue weighted by atomic mass is 32.2. The zero-order valence-electron chi connectivity index (χ0n) is 21.5. The summed E-state index contributed by atoms with van der Waals surface area (Å²) in [6.07, 6.45) is 0.816. The Bertz CT molecular complexity index is 1370. The molecule has 0 aliphatic carbocycles. The second-order valence-electron chi connectivity index (χ2n) is 10.1. The molecule has 2 aromatic rings. The Labute approximate surface area is 222 Å². The summed E-state index contributed by atoms with van der Waals surface area (Å²) in [6, 6.07) is 12.0. The summed E-state index contributed by atoms with van der Waals surface area (Å²) < 4.78 is 54.5. The SMILES string of the molecule is CC(C)(C)OC(=O)N1CCC(C#Cc2ccc(OCc3ccccc3)c(N3CC(=O)NS3(=O)=O)c2F)CC1. The number of nitrogens with zero attached hydrogens (tertiary/aromatic N) is 2. The third-order valence-electron chi connectivity index (χ3n) is 5.94. The molecule has 11 heteroatoms. The molecule has 0 bridgehead atoms. The molecule has 0 radical (unpaired) electrons. The van der Waals surface area contributed by atoms with Crippen LogP contribution >= 0.6 is 0 Å². The molecule has 1 N–H and O–H groups in total. The quantitative estimate of drug-likeness (QED) is 0.591. The van der Waals surface area contributed by atoms with Gasteiger partial charge in [-0.25, -0.2) is 18.2 Å². The lowest BCUT2D eigenvalue weighted by molar-refractivity contribution is -0.117. The number of hydrogen-bond donors (Lipinski definition) is 1. The highest BCUT2D eigenvalue weighted by Gasteiger charge is 2.38. The van der Waals surface area contributed by atoms with Crippen molar-refractivity contribution in [2.24, 2.45) is 5.92 Å². The summed E-state index contributed by atoms with van der Waals surface area (Å²) in [6.45, 7) is 5.86. The van der Waals surface area contributed by atoms with Gasteiger partial charge in [0.1, 0.15) is 30.2 Å². The van der Waals surface area contributed by atoms with Crippen molar-refractivity contribution in [2.45, 2.75) is 45.8 Å². The van der Waals surface area contributed by atoms with Crippen molar-refractivity contribution in [3.8, 4) is 17.6 Å². The molecule has 2 amide bonds. The number of hydrogen-bond acceptors (Lipinski definition) is 6. The average molecular weight is 544 g/mol. The monoisotopic (exact) mass is 543 g/mol. The van der Waals surface area contributed by atoms with Gasteiger partial charge in [-0.15, -0.1) is 0 Å². The number of halogens is 1. The Morgan fingerprint density at radius 2 is 1.82 bits per heavy atom. The van der Waals surface area contributed by atoms with Crippen LogP contribution in [0, 0.1) is 23.6 Å². The summed E-state index contributed by atoms with van der Waals surface area (Å²) in [4.78, 5) is 25.8. The van der Waals surface area contributed by atoms with E-state index in [0.29, 0.717) is 30.2 Å². The van der Waals surface area contributed by atoms with Gasteiger partial charge in [0.15, 0.2) is 5.82 Å². The van der Waals surface area contributed by atoms with Gasteiger partial charge in [-0.1, -0.05) is 42.2 Å². The minimum Gasteiger partial charge on any atom is -0.487 e. The van der Waals surface area contributed by atoms with Gasteiger partial charge in [0, 0.05) is 19.0 Å². The first kappa shape index (κ1) is 27.3. The average Bonchev–Trinajstić information content (AvgIpc) is 3.13. The maximum atomic E-state index is 15.8. The van der Waals surface area contributed by atoms with Gasteiger partial charge in [-0.05, 0) is 51.3 Å². The summed E-state index contributed by atoms with van der Waals surface area (Å²) in [5, 5.41) is 0. The fourth-order valence-corrected chi connectivity index (χ4v) is 5.25. The van der Waals surface area contributed by atoms with Crippen LogP contribution in [0.2, 0.25) is 0 Å². The number of ether oxygens (including phenoxy) is 2. The van der Waals surface area contributed by atoms with Crippen molar-refractivity contribution in [2.75, 3.05) is 23.9 Å². The van der Waals surface area contributed by atoms with Gasteiger partial charge in [0.25, 0.3) is 5.91 Å². The van der Waals surface area contributed by atoms with E-state index in [9.17, 15) is 18.0 Å². The Kier molecular flexibility index (Phi) is 7.83. The van der Waals surface area contributed by atoms with Crippen LogP contribution in [-0.2, 0) is 26.3 Å². The molecule has 202 valence electrons. The Hall–Kier alpha value is -3.78. The first-order valence-corrected chi connectivity index (χ1v) is 13.7. The smallest absolute Gasteiger partial charge is 0.410 e. The van der Waals surface area contributed by atoms with Gasteiger partial charge < -0.3 is 14.4 Å². The molecule has 4 rings (SSSR count). The van der Waals surface area contributed by atoms with E-state index < -0.39 is 34.1 Å². The van der Waals surface area contributed by atoms with E-state index in [2.05, 4.69) is 11.8 Å². The zero-order valence-corrected chi connectivity index (χ0v) is 22.3. The highest BCUT2D eigenvalue weighted by Crippen LogP contribution is 2.36. The summed E-state index contributed by atoms with van der Waals surface area (Å²) >= 11 is 0. The fraction of sp³-hybridized carbons (Fsp3) is 0.407. The molecule has 38 heavy (non-hydrogen) atoms. The molecule has 2 heterocycles. The second kappa shape index (κ2) is 10.9. The number of piperidine rings is 1. The lowest BCUT2D eigenvalue weighted by atomic mass is 9.97. The molecule has 2 saturated heterocycles. The molecule has 0 saturated carbocycles. The minimum absolute atomic E-state index is 0.0174. The fourth-order valence-electron chi connectivity index (χ4n) is 4.09. The molecule has 0 spiro atoms. The number of carbonyl (C=O) groups is 2. The maximum Gasteiger partial charge on any atom is 0.410 e. The van der Waals surface area contributed by atoms with E-state index in [1.54, 1.807) is 4.90 Å². The molecular weight excluding hydrogens is 513 g/mol. The lowest BCUT2D eigenvalue weighted by Crippen LogP contribution is -2.41. The highest BCUT2D eigenvalue weighted by molar-refractivity contribution is 7.92. The number of amides is 2. The number of rotatable bonds is 4. The van der Waals surface area contributed by atoms with Crippen molar-refractivity contribution >= 4 is 27.9 Å². The Morgan fingerprint density at radius 1 is 1.13 bits per heavy atom. The van der Waals surface area contributed by atoms with Gasteiger partial charge in [-0.2, -0.15) is 8.42 Å². The van der Waals surface area contributed by atoms with Crippen molar-refractivity contribution in [3.05, 3.63) is 59.4 Å². The van der Waals surface area contributed by atoms with Gasteiger partial charge in [0.05, 0.1) is 5.56 Å². The van der Waals surface area contributed by atoms with Crippen molar-refractivity contribution in [1.29, 1.82) is 0 Å². The Morgan fingerprint density at radius 3 is 2.42 bits per heavy atom. The first-order chi connectivity index (χ1) is 17.9. The first-order valence-electron chi connectivity index (χ1n) is 12.2. The van der Waals surface area contributed by atoms with Crippen molar-refractivity contribution < 1.29 is 31.9 Å². The predicted octanol–water partition coefficient (Wildman–Crippen LogP) is 3.58. The van der Waals surface area contributed by atoms with Gasteiger partial charge in [0.2, 0.25) is 0 Å². The van der Waals surface area contributed by atoms with Crippen LogP contribution in [0.15, 0.2) is 42.5 Å². The van der Waals surface area contributed by atoms with Crippen LogP contribution < -0.4 is 13.8 Å². The molecule has 2 aliphatic rings. The summed E-state index contributed by atoms with van der Waals surface area (Å²) in [5.41, 5.74) is -0.163. The van der Waals surface area contributed by atoms with E-state index in [4.69, 9.17) is 9.47 Å². The molecule has 0 aromatic heterocycles. The number of carbonyl (C=O) groups excluding carboxylic acids is 2. The van der Waals surface area contributed by atoms with Crippen molar-refractivity contribution in [1.82, 2.24) is 9.62 Å². The molecule has 0 atom stereocenters. The second-order valence-corrected chi connectivity index (χ2v) is 11.7. The van der Waals surface area contributed by atoms with Crippen LogP contribution in [-0.4, -0.2) is 50.6 Å². The number of nitrogens with one attached hydrogen (secondary N) is 1. The third-order valence-corrected chi connectivity index (χ3v) is 7.32. The normalized spacial score (nSPS) is 17.4. The predicted molar refractivity (Wildman–Crippen MR) is 139 cm³/mol. The molecule has 0 unspecified atom stereocenters. The van der Waals surface area contributed by atoms with Crippen LogP contribution in [0.4, 0.5) is 14.9 Å². The third kappa shape index (κ3) is 6.55. The van der Waals surface area contributed by atoms with Gasteiger partial charge in [-0.3, -0.25) is 4.79 Å². The Balaban J connectivity index is 1.55. The largest absolute Gasteiger partial charge is 0.487 e. The van der Waals surface area contributed by atoms with Crippen LogP contribution in [0.1, 0.15) is 44.7 Å². The maximum absolute atomic E-state index is 15.8. The number of anilines is 1. The molecule has 2 aliphatic heterocycles. The van der Waals surface area contributed by atoms with Crippen LogP contribution in [0.5, 0.6) is 5.75 Å². The molecule has 2 fully saturated rings. The van der Waals surface area contributed by atoms with Gasteiger partial charge >= 0.3 is 16.3 Å². The molecular formula is C27H30FN3O6S. The summed E-state index contributed by atoms with van der Waals surface area (Å²) in [5.74, 6) is 4.11. The number of benzene rings is 2. The van der Waals surface area contributed by atoms with E-state index in [0.717, 1.165) is 5.56 Å². The summed E-state index contributed by atoms with van der Waals surface area (Å²) in [7, 11) is -4.28. The van der Waals surface area contributed by atoms with Crippen LogP contribution in [0.3, 0.4) is 0 Å². The minimum atomic E-state index is -4.28. The number of likely N-dealkylation sites (tertiary alicyclic amines) is 1. The molecule has 2 aromatic carbocycles. The van der Waals surface area contributed by atoms with E-state index in [1.165, 1.54) is 12.1 Å². The van der Waals surface area contributed by atoms with Crippen molar-refractivity contribution in [3.63, 3.8) is 0 Å². The standard InChI is InChI=1S/C27H30FN3O6S/c1-27(2,3)37-26(33)30-15-13-19(14-16-30)9-10-21-11-12-22(36-18-20-7-5-4-6-8-20)25(24(21)28)31-17-23(32)29-38(31,34)35/h4-8,11-12,19H,13-18H2,1-3H3,(H,29,32). The molecule has 9 nitrogen and oxygen atoms in total. The van der Waals surface area contributed by atoms with Crippen LogP contribution in [0.25, 0.3) is 0 Å². The lowest BCUT2D eigenvalue weighted by Gasteiger charge is -2.31. The zero-order chi connectivity index (χ0) is 27.5.